The summed E-state index contributed by atoms with van der Waals surface area (Å²) in [6, 6.07) is 0. The van der Waals surface area contributed by atoms with Crippen LogP contribution in [0.15, 0.2) is 0 Å². The zero-order chi connectivity index (χ0) is 3.58. The van der Waals surface area contributed by atoms with Gasteiger partial charge in [0.15, 0.2) is 0 Å². The van der Waals surface area contributed by atoms with E-state index in [2.05, 4.69) is 20.8 Å². The van der Waals surface area contributed by atoms with Gasteiger partial charge < -0.3 is 5.92 Å². The van der Waals surface area contributed by atoms with Gasteiger partial charge in [0.25, 0.3) is 0 Å². The van der Waals surface area contributed by atoms with Gasteiger partial charge in [-0.15, -0.1) is 0 Å². The van der Waals surface area contributed by atoms with E-state index in [-0.39, 0.29) is 21.1 Å². The number of hydrogen-bond donors (Lipinski definition) is 0. The molecule has 30 valence electrons. The van der Waals surface area contributed by atoms with E-state index in [1.807, 2.05) is 0 Å². The van der Waals surface area contributed by atoms with E-state index < -0.39 is 0 Å². The van der Waals surface area contributed by atoms with Gasteiger partial charge in [-0.25, -0.2) is 0 Å². The van der Waals surface area contributed by atoms with Crippen molar-refractivity contribution in [3.63, 3.8) is 0 Å². The molecule has 0 aliphatic heterocycles. The third kappa shape index (κ3) is 71.5. The molecule has 0 bridgehead atoms. The van der Waals surface area contributed by atoms with Crippen LogP contribution >= 0.6 is 0 Å². The molecule has 0 radical (unpaired) electrons. The van der Waals surface area contributed by atoms with Crippen LogP contribution in [-0.4, -0.2) is 0 Å². The standard InChI is InChI=1S/C4H9.W/c1-4(2)3;/h1-3H3;/q-1;+2. The monoisotopic (exact) mass is 241 g/mol. The fraction of sp³-hybridized carbons (Fsp3) is 0.750. The Kier molecular flexibility index (Phi) is 8.62. The molecule has 5 heavy (non-hydrogen) atoms. The van der Waals surface area contributed by atoms with Gasteiger partial charge in [-0.1, -0.05) is 0 Å². The van der Waals surface area contributed by atoms with Crippen LogP contribution in [0.2, 0.25) is 0 Å². The van der Waals surface area contributed by atoms with Crippen molar-refractivity contribution in [3.8, 4) is 0 Å². The van der Waals surface area contributed by atoms with Crippen molar-refractivity contribution in [3.05, 3.63) is 5.92 Å². The molecule has 0 amide bonds. The van der Waals surface area contributed by atoms with Crippen molar-refractivity contribution < 1.29 is 21.1 Å². The molecule has 0 fully saturated rings. The van der Waals surface area contributed by atoms with Crippen molar-refractivity contribution in [1.29, 1.82) is 0 Å². The Hall–Kier alpha value is 0.688. The van der Waals surface area contributed by atoms with Gasteiger partial charge in [0.1, 0.15) is 0 Å². The Bertz CT molecular complexity index is 8.36. The Morgan fingerprint density at radius 1 is 1.00 bits per heavy atom. The van der Waals surface area contributed by atoms with E-state index in [0.717, 1.165) is 0 Å². The molecular weight excluding hydrogens is 232 g/mol. The quantitative estimate of drug-likeness (QED) is 0.565. The van der Waals surface area contributed by atoms with E-state index in [9.17, 15) is 0 Å². The molecule has 0 aliphatic carbocycles. The maximum absolute atomic E-state index is 2.08. The second-order valence-electron chi connectivity index (χ2n) is 1.50. The average Bonchev–Trinajstić information content (AvgIpc) is 0.811. The third-order valence-corrected chi connectivity index (χ3v) is 0. The Labute approximate surface area is 48.2 Å². The fourth-order valence-corrected chi connectivity index (χ4v) is 0. The molecule has 0 spiro atoms. The summed E-state index contributed by atoms with van der Waals surface area (Å²) in [4.78, 5) is 0. The van der Waals surface area contributed by atoms with Crippen molar-refractivity contribution >= 4 is 0 Å². The largest absolute Gasteiger partial charge is 2.00 e. The first-order valence-corrected chi connectivity index (χ1v) is 1.50. The fourth-order valence-electron chi connectivity index (χ4n) is 0. The van der Waals surface area contributed by atoms with Crippen LogP contribution in [0.3, 0.4) is 0 Å². The summed E-state index contributed by atoms with van der Waals surface area (Å²) in [5, 5.41) is 0. The normalized spacial score (nSPS) is 7.20. The predicted octanol–water partition coefficient (Wildman–Crippen LogP) is 1.62. The van der Waals surface area contributed by atoms with Crippen LogP contribution in [0.4, 0.5) is 0 Å². The van der Waals surface area contributed by atoms with Crippen LogP contribution in [0.5, 0.6) is 0 Å². The van der Waals surface area contributed by atoms with Crippen LogP contribution in [0, 0.1) is 5.92 Å². The summed E-state index contributed by atoms with van der Waals surface area (Å²) >= 11 is 0. The van der Waals surface area contributed by atoms with Gasteiger partial charge in [0, 0.05) is 0 Å². The minimum atomic E-state index is 0. The van der Waals surface area contributed by atoms with E-state index in [4.69, 9.17) is 0 Å². The molecule has 0 heterocycles. The first kappa shape index (κ1) is 9.19. The van der Waals surface area contributed by atoms with Gasteiger partial charge in [0.05, 0.1) is 0 Å². The van der Waals surface area contributed by atoms with Crippen molar-refractivity contribution in [2.75, 3.05) is 0 Å². The van der Waals surface area contributed by atoms with Gasteiger partial charge in [-0.2, -0.15) is 20.8 Å². The van der Waals surface area contributed by atoms with E-state index in [1.165, 1.54) is 5.92 Å². The van der Waals surface area contributed by atoms with Crippen LogP contribution < -0.4 is 0 Å². The topological polar surface area (TPSA) is 0 Å². The smallest absolute Gasteiger partial charge is 0.323 e. The summed E-state index contributed by atoms with van der Waals surface area (Å²) in [7, 11) is 0. The van der Waals surface area contributed by atoms with E-state index in [1.54, 1.807) is 0 Å². The van der Waals surface area contributed by atoms with Gasteiger partial charge in [0.2, 0.25) is 0 Å². The molecule has 0 unspecified atom stereocenters. The summed E-state index contributed by atoms with van der Waals surface area (Å²) in [6.07, 6.45) is 0. The molecule has 0 aromatic heterocycles. The van der Waals surface area contributed by atoms with Crippen molar-refractivity contribution in [2.45, 2.75) is 20.8 Å². The summed E-state index contributed by atoms with van der Waals surface area (Å²) < 4.78 is 0. The molecule has 0 aromatic rings. The second kappa shape index (κ2) is 4.69. The van der Waals surface area contributed by atoms with Crippen LogP contribution in [0.25, 0.3) is 0 Å². The average molecular weight is 241 g/mol. The summed E-state index contributed by atoms with van der Waals surface area (Å²) in [5.41, 5.74) is 0. The Morgan fingerprint density at radius 3 is 1.00 bits per heavy atom. The minimum absolute atomic E-state index is 0. The maximum atomic E-state index is 2.08. The first-order valence-electron chi connectivity index (χ1n) is 1.50. The Balaban J connectivity index is 0. The molecule has 0 atom stereocenters. The zero-order valence-electron chi connectivity index (χ0n) is 3.91. The number of hydrogen-bond acceptors (Lipinski definition) is 0. The molecule has 0 aliphatic rings. The predicted molar refractivity (Wildman–Crippen MR) is 20.3 cm³/mol. The molecule has 0 saturated carbocycles. The van der Waals surface area contributed by atoms with Crippen molar-refractivity contribution in [2.24, 2.45) is 0 Å². The van der Waals surface area contributed by atoms with Gasteiger partial charge in [-0.3, -0.25) is 0 Å². The van der Waals surface area contributed by atoms with Crippen LogP contribution in [0.1, 0.15) is 20.8 Å². The van der Waals surface area contributed by atoms with E-state index >= 15 is 0 Å². The second-order valence-corrected chi connectivity index (χ2v) is 1.50. The summed E-state index contributed by atoms with van der Waals surface area (Å²) in [6.45, 7) is 6.25. The molecule has 1 heteroatoms. The molecule has 0 aromatic carbocycles. The minimum Gasteiger partial charge on any atom is -0.323 e. The molecular formula is C4H9W+. The molecule has 0 nitrogen and oxygen atoms in total. The number of rotatable bonds is 0. The van der Waals surface area contributed by atoms with Crippen LogP contribution in [-0.2, 0) is 21.1 Å². The van der Waals surface area contributed by atoms with Gasteiger partial charge in [-0.05, 0) is 0 Å². The SMILES string of the molecule is C[C-](C)C.[W+2]. The Morgan fingerprint density at radius 2 is 1.00 bits per heavy atom. The first-order chi connectivity index (χ1) is 1.73. The third-order valence-electron chi connectivity index (χ3n) is 0. The molecule has 0 saturated heterocycles. The van der Waals surface area contributed by atoms with Crippen molar-refractivity contribution in [1.82, 2.24) is 0 Å². The van der Waals surface area contributed by atoms with E-state index in [0.29, 0.717) is 0 Å². The molecule has 0 N–H and O–H groups in total. The molecule has 0 rings (SSSR count). The van der Waals surface area contributed by atoms with Gasteiger partial charge >= 0.3 is 21.1 Å². The maximum Gasteiger partial charge on any atom is 2.00 e. The summed E-state index contributed by atoms with van der Waals surface area (Å²) in [5.74, 6) is 1.42. The zero-order valence-corrected chi connectivity index (χ0v) is 6.84.